The monoisotopic (exact) mass is 324 g/mol. The van der Waals surface area contributed by atoms with E-state index in [4.69, 9.17) is 5.10 Å². The Morgan fingerprint density at radius 1 is 1.09 bits per heavy atom. The molecule has 0 bridgehead atoms. The Bertz CT molecular complexity index is 893. The predicted octanol–water partition coefficient (Wildman–Crippen LogP) is 2.83. The van der Waals surface area contributed by atoms with E-state index < -0.39 is 0 Å². The van der Waals surface area contributed by atoms with Crippen molar-refractivity contribution < 1.29 is 0 Å². The van der Waals surface area contributed by atoms with Crippen molar-refractivity contribution in [2.75, 3.05) is 0 Å². The van der Waals surface area contributed by atoms with Gasteiger partial charge in [0, 0.05) is 5.69 Å². The largest absolute Gasteiger partial charge is 0.274 e. The lowest BCUT2D eigenvalue weighted by Gasteiger charge is -2.19. The van der Waals surface area contributed by atoms with E-state index in [0.717, 1.165) is 27.8 Å². The van der Waals surface area contributed by atoms with Crippen LogP contribution < -0.4 is 0 Å². The van der Waals surface area contributed by atoms with Gasteiger partial charge in [0.2, 0.25) is 5.16 Å². The van der Waals surface area contributed by atoms with Crippen molar-refractivity contribution in [2.24, 2.45) is 5.10 Å². The Morgan fingerprint density at radius 2 is 1.87 bits per heavy atom. The van der Waals surface area contributed by atoms with Crippen LogP contribution in [0.5, 0.6) is 0 Å². The summed E-state index contributed by atoms with van der Waals surface area (Å²) in [7, 11) is 0. The molecule has 0 N–H and O–H groups in total. The highest BCUT2D eigenvalue weighted by Gasteiger charge is 2.26. The second-order valence-corrected chi connectivity index (χ2v) is 6.85. The van der Waals surface area contributed by atoms with Gasteiger partial charge >= 0.3 is 0 Å². The topological polar surface area (TPSA) is 60.9 Å². The number of aromatic nitrogens is 5. The van der Waals surface area contributed by atoms with Crippen LogP contribution in [0.25, 0.3) is 5.95 Å². The Morgan fingerprint density at radius 3 is 2.57 bits per heavy atom. The third-order valence-electron chi connectivity index (χ3n) is 3.74. The molecule has 0 saturated carbocycles. The summed E-state index contributed by atoms with van der Waals surface area (Å²) in [6, 6.07) is 12.2. The van der Waals surface area contributed by atoms with Crippen LogP contribution in [0.1, 0.15) is 23.9 Å². The molecule has 0 radical (unpaired) electrons. The average Bonchev–Trinajstić information content (AvgIpc) is 3.09. The van der Waals surface area contributed by atoms with Crippen molar-refractivity contribution in [1.29, 1.82) is 0 Å². The molecule has 0 aliphatic carbocycles. The number of hydrogen-bond donors (Lipinski definition) is 0. The number of benzene rings is 1. The summed E-state index contributed by atoms with van der Waals surface area (Å²) < 4.78 is 3.57. The molecule has 116 valence electrons. The van der Waals surface area contributed by atoms with Crippen molar-refractivity contribution in [3.8, 4) is 5.95 Å². The van der Waals surface area contributed by atoms with Crippen LogP contribution in [0.4, 0.5) is 0 Å². The molecule has 0 unspecified atom stereocenters. The number of thioether (sulfide) groups is 1. The second-order valence-electron chi connectivity index (χ2n) is 5.54. The maximum atomic E-state index is 4.81. The highest BCUT2D eigenvalue weighted by molar-refractivity contribution is 8.00. The van der Waals surface area contributed by atoms with Crippen LogP contribution in [0.3, 0.4) is 0 Å². The minimum Gasteiger partial charge on any atom is -0.202 e. The quantitative estimate of drug-likeness (QED) is 0.727. The molecule has 1 aromatic carbocycles. The zero-order chi connectivity index (χ0) is 16.0. The number of hydrogen-bond acceptors (Lipinski definition) is 5. The van der Waals surface area contributed by atoms with Crippen LogP contribution in [-0.4, -0.2) is 35.6 Å². The summed E-state index contributed by atoms with van der Waals surface area (Å²) in [5.74, 6) is 0.624. The van der Waals surface area contributed by atoms with E-state index in [1.807, 2.05) is 38.1 Å². The Kier molecular flexibility index (Phi) is 3.30. The van der Waals surface area contributed by atoms with Crippen LogP contribution in [0, 0.1) is 13.8 Å². The van der Waals surface area contributed by atoms with Crippen LogP contribution in [-0.2, 0) is 0 Å². The summed E-state index contributed by atoms with van der Waals surface area (Å²) in [6.45, 7) is 6.10. The van der Waals surface area contributed by atoms with Crippen molar-refractivity contribution >= 4 is 17.5 Å². The molecule has 2 aromatic heterocycles. The van der Waals surface area contributed by atoms with Crippen LogP contribution >= 0.6 is 11.8 Å². The van der Waals surface area contributed by atoms with Crippen molar-refractivity contribution in [3.05, 3.63) is 53.3 Å². The molecule has 3 heterocycles. The van der Waals surface area contributed by atoms with E-state index in [0.29, 0.717) is 5.95 Å². The molecule has 3 aromatic rings. The zero-order valence-electron chi connectivity index (χ0n) is 13.1. The molecular weight excluding hydrogens is 308 g/mol. The smallest absolute Gasteiger partial charge is 0.202 e. The summed E-state index contributed by atoms with van der Waals surface area (Å²) in [6.07, 6.45) is 0. The first-order chi connectivity index (χ1) is 11.1. The molecule has 1 aliphatic heterocycles. The maximum absolute atomic E-state index is 4.81. The van der Waals surface area contributed by atoms with E-state index in [-0.39, 0.29) is 5.25 Å². The molecule has 0 spiro atoms. The maximum Gasteiger partial charge on any atom is 0.274 e. The minimum atomic E-state index is 0.224. The van der Waals surface area contributed by atoms with Gasteiger partial charge in [0.05, 0.1) is 16.7 Å². The number of aryl methyl sites for hydroxylation is 2. The fraction of sp³-hybridized carbons (Fsp3) is 0.250. The second kappa shape index (κ2) is 5.34. The average molecular weight is 324 g/mol. The van der Waals surface area contributed by atoms with Gasteiger partial charge in [-0.3, -0.25) is 0 Å². The Hall–Kier alpha value is -2.41. The van der Waals surface area contributed by atoms with Gasteiger partial charge in [-0.05, 0) is 32.4 Å². The summed E-state index contributed by atoms with van der Waals surface area (Å²) in [4.78, 5) is 0. The third-order valence-corrected chi connectivity index (χ3v) is 4.78. The molecule has 1 aliphatic rings. The van der Waals surface area contributed by atoms with Gasteiger partial charge in [0.1, 0.15) is 0 Å². The highest BCUT2D eigenvalue weighted by atomic mass is 32.2. The van der Waals surface area contributed by atoms with Crippen molar-refractivity contribution in [1.82, 2.24) is 24.7 Å². The molecule has 23 heavy (non-hydrogen) atoms. The third kappa shape index (κ3) is 2.37. The summed E-state index contributed by atoms with van der Waals surface area (Å²) >= 11 is 1.66. The van der Waals surface area contributed by atoms with Crippen molar-refractivity contribution in [3.63, 3.8) is 0 Å². The van der Waals surface area contributed by atoms with E-state index in [9.17, 15) is 0 Å². The van der Waals surface area contributed by atoms with Gasteiger partial charge in [0.15, 0.2) is 0 Å². The van der Waals surface area contributed by atoms with Crippen LogP contribution in [0.2, 0.25) is 0 Å². The first-order valence-corrected chi connectivity index (χ1v) is 8.31. The van der Waals surface area contributed by atoms with E-state index in [2.05, 4.69) is 34.4 Å². The predicted molar refractivity (Wildman–Crippen MR) is 90.3 cm³/mol. The fourth-order valence-electron chi connectivity index (χ4n) is 2.69. The molecule has 7 heteroatoms. The van der Waals surface area contributed by atoms with Crippen molar-refractivity contribution in [2.45, 2.75) is 31.2 Å². The molecule has 1 atom stereocenters. The number of rotatable bonds is 2. The molecule has 4 rings (SSSR count). The number of fused-ring (bicyclic) bond motifs is 1. The normalized spacial score (nSPS) is 17.0. The summed E-state index contributed by atoms with van der Waals surface area (Å²) in [5, 5.41) is 18.9. The van der Waals surface area contributed by atoms with Crippen LogP contribution in [0.15, 0.2) is 46.7 Å². The van der Waals surface area contributed by atoms with Gasteiger partial charge in [-0.2, -0.15) is 14.9 Å². The molecule has 0 fully saturated rings. The highest BCUT2D eigenvalue weighted by Crippen LogP contribution is 2.30. The first-order valence-electron chi connectivity index (χ1n) is 7.43. The van der Waals surface area contributed by atoms with Gasteiger partial charge in [-0.15, -0.1) is 10.2 Å². The van der Waals surface area contributed by atoms with E-state index in [1.165, 1.54) is 0 Å². The summed E-state index contributed by atoms with van der Waals surface area (Å²) in [5.41, 5.74) is 4.10. The van der Waals surface area contributed by atoms with E-state index in [1.54, 1.807) is 21.1 Å². The molecule has 0 amide bonds. The first kappa shape index (κ1) is 14.2. The lowest BCUT2D eigenvalue weighted by Crippen LogP contribution is -2.22. The lowest BCUT2D eigenvalue weighted by atomic mass is 10.1. The van der Waals surface area contributed by atoms with Gasteiger partial charge in [0.25, 0.3) is 5.95 Å². The standard InChI is InChI=1S/C16H16N6S/c1-10-9-11(2)21(19-10)15-17-18-16-22(15)20-14(12(3)23-16)13-7-5-4-6-8-13/h4-9,12H,1-3H3/t12-/m0/s1. The number of nitrogens with zero attached hydrogens (tertiary/aromatic N) is 6. The lowest BCUT2D eigenvalue weighted by molar-refractivity contribution is 0.678. The molecule has 6 nitrogen and oxygen atoms in total. The fourth-order valence-corrected chi connectivity index (χ4v) is 3.61. The Balaban J connectivity index is 1.86. The molecule has 0 saturated heterocycles. The van der Waals surface area contributed by atoms with Gasteiger partial charge in [-0.25, -0.2) is 4.68 Å². The minimum absolute atomic E-state index is 0.224. The van der Waals surface area contributed by atoms with Gasteiger partial charge in [-0.1, -0.05) is 42.1 Å². The van der Waals surface area contributed by atoms with Gasteiger partial charge < -0.3 is 0 Å². The van der Waals surface area contributed by atoms with E-state index >= 15 is 0 Å². The molecular formula is C16H16N6S. The Labute approximate surface area is 138 Å². The zero-order valence-corrected chi connectivity index (χ0v) is 13.9. The SMILES string of the molecule is Cc1cc(C)n(-c2nnc3n2N=C(c2ccccc2)[C@H](C)S3)n1.